The van der Waals surface area contributed by atoms with Crippen molar-refractivity contribution in [3.63, 3.8) is 0 Å². The Morgan fingerprint density at radius 1 is 2.00 bits per heavy atom. The summed E-state index contributed by atoms with van der Waals surface area (Å²) >= 11 is 0. The third-order valence-electron chi connectivity index (χ3n) is 0. The van der Waals surface area contributed by atoms with Crippen LogP contribution in [0.2, 0.25) is 0 Å². The second-order valence-electron chi connectivity index (χ2n) is 1.24. The molecule has 40 valence electrons. The van der Waals surface area contributed by atoms with E-state index in [4.69, 9.17) is 4.55 Å². The molecular formula is CH6FNO2S. The molecule has 0 saturated heterocycles. The Balaban J connectivity index is 4.16. The van der Waals surface area contributed by atoms with Crippen LogP contribution >= 0.6 is 0 Å². The van der Waals surface area contributed by atoms with Crippen molar-refractivity contribution in [2.45, 2.75) is 0 Å². The van der Waals surface area contributed by atoms with Crippen molar-refractivity contribution in [2.24, 2.45) is 5.14 Å². The fourth-order valence-electron chi connectivity index (χ4n) is 0. The lowest BCUT2D eigenvalue weighted by Crippen LogP contribution is -2.33. The Bertz CT molecular complexity index is 91.2. The molecule has 0 spiro atoms. The van der Waals surface area contributed by atoms with E-state index in [1.165, 1.54) is 0 Å². The summed E-state index contributed by atoms with van der Waals surface area (Å²) in [7, 11) is -5.10. The molecule has 0 amide bonds. The molecule has 0 aromatic heterocycles. The Hall–Kier alpha value is -0.0000000000000000278. The van der Waals surface area contributed by atoms with E-state index in [9.17, 15) is 8.09 Å². The van der Waals surface area contributed by atoms with Crippen LogP contribution in [0.3, 0.4) is 0 Å². The van der Waals surface area contributed by atoms with Gasteiger partial charge >= 0.3 is 0 Å². The third-order valence-corrected chi connectivity index (χ3v) is 0. The minimum absolute atomic E-state index is 0.428. The molecule has 0 radical (unpaired) electrons. The molecular weight excluding hydrogens is 109 g/mol. The third kappa shape index (κ3) is 46700000000000002704156133056053248. The van der Waals surface area contributed by atoms with Crippen LogP contribution in [0.15, 0.2) is 0 Å². The highest BCUT2D eigenvalue weighted by molar-refractivity contribution is 8.08. The maximum Gasteiger partial charge on any atom is 0.0656 e. The summed E-state index contributed by atoms with van der Waals surface area (Å²) in [6.45, 7) is 0. The lowest BCUT2D eigenvalue weighted by Gasteiger charge is -2.20. The smallest absolute Gasteiger partial charge is 0.0656 e. The van der Waals surface area contributed by atoms with Gasteiger partial charge in [0.25, 0.3) is 0 Å². The van der Waals surface area contributed by atoms with Gasteiger partial charge in [0.1, 0.15) is 0 Å². The van der Waals surface area contributed by atoms with E-state index in [1.807, 2.05) is 0 Å². The first-order valence-corrected chi connectivity index (χ1v) is 3.44. The van der Waals surface area contributed by atoms with Crippen molar-refractivity contribution in [1.29, 1.82) is 0 Å². The Morgan fingerprint density at radius 2 is 2.00 bits per heavy atom. The van der Waals surface area contributed by atoms with E-state index in [-0.39, 0.29) is 0 Å². The number of nitrogens with two attached hydrogens (primary N) is 1. The highest BCUT2D eigenvalue weighted by Crippen LogP contribution is 2.04. The Kier molecular flexibility index (Phi) is 0.800. The van der Waals surface area contributed by atoms with Gasteiger partial charge < -0.3 is 0 Å². The molecule has 0 aliphatic heterocycles. The number of hydrogen-bond acceptors (Lipinski definition) is 1. The van der Waals surface area contributed by atoms with Gasteiger partial charge in [0, 0.05) is 0 Å². The monoisotopic (exact) mass is 115 g/mol. The van der Waals surface area contributed by atoms with Gasteiger partial charge in [0.05, 0.1) is 6.26 Å². The average molecular weight is 115 g/mol. The van der Waals surface area contributed by atoms with Gasteiger partial charge in [0.15, 0.2) is 0 Å². The van der Waals surface area contributed by atoms with Crippen molar-refractivity contribution in [1.82, 2.24) is 0 Å². The van der Waals surface area contributed by atoms with Gasteiger partial charge in [-0.05, 0) is 9.92 Å². The molecule has 0 aliphatic rings. The van der Waals surface area contributed by atoms with Crippen LogP contribution in [0.5, 0.6) is 0 Å². The van der Waals surface area contributed by atoms with Gasteiger partial charge in [-0.15, -0.1) is 0 Å². The first-order valence-electron chi connectivity index (χ1n) is 1.15. The van der Waals surface area contributed by atoms with Crippen molar-refractivity contribution in [3.05, 3.63) is 0 Å². The highest BCUT2D eigenvalue weighted by Gasteiger charge is 2.05. The van der Waals surface area contributed by atoms with Crippen molar-refractivity contribution in [2.75, 3.05) is 6.26 Å². The standard InChI is InChI=1S/CH6FNO2S/c1-6(2,3,4)5/h1H3,(H3,3,4,5). The van der Waals surface area contributed by atoms with Gasteiger partial charge in [-0.3, -0.25) is 4.55 Å². The minimum Gasteiger partial charge on any atom is -0.267 e. The molecule has 0 aromatic rings. The van der Waals surface area contributed by atoms with E-state index < -0.39 is 9.92 Å². The Morgan fingerprint density at radius 3 is 2.00 bits per heavy atom. The summed E-state index contributed by atoms with van der Waals surface area (Å²) in [5.74, 6) is 0. The molecule has 0 aliphatic carbocycles. The fraction of sp³-hybridized carbons (Fsp3) is 1.00. The zero-order valence-electron chi connectivity index (χ0n) is 3.22. The summed E-state index contributed by atoms with van der Waals surface area (Å²) in [4.78, 5) is 0. The SMILES string of the molecule is CS(N)(=O)(O)F. The van der Waals surface area contributed by atoms with Crippen LogP contribution in [0, 0.1) is 0 Å². The zero-order valence-corrected chi connectivity index (χ0v) is 4.04. The fourth-order valence-corrected chi connectivity index (χ4v) is 0. The van der Waals surface area contributed by atoms with Crippen LogP contribution < -0.4 is 5.14 Å². The van der Waals surface area contributed by atoms with Crippen LogP contribution in [0.4, 0.5) is 3.89 Å². The molecule has 0 unspecified atom stereocenters. The molecule has 3 nitrogen and oxygen atoms in total. The van der Waals surface area contributed by atoms with E-state index in [0.29, 0.717) is 6.26 Å². The molecule has 0 aromatic carbocycles. The molecule has 0 heterocycles. The van der Waals surface area contributed by atoms with Crippen molar-refractivity contribution >= 4 is 9.92 Å². The summed E-state index contributed by atoms with van der Waals surface area (Å²) in [5.41, 5.74) is 0. The van der Waals surface area contributed by atoms with Gasteiger partial charge in [-0.1, -0.05) is 3.89 Å². The maximum absolute atomic E-state index is 11.3. The molecule has 5 heteroatoms. The summed E-state index contributed by atoms with van der Waals surface area (Å²) in [6.07, 6.45) is 0.428. The molecule has 6 heavy (non-hydrogen) atoms. The Labute approximate surface area is 35.0 Å². The predicted molar refractivity (Wildman–Crippen MR) is 22.0 cm³/mol. The average Bonchev–Trinajstić information content (AvgIpc) is 0.650. The minimum atomic E-state index is -5.10. The van der Waals surface area contributed by atoms with Crippen molar-refractivity contribution < 1.29 is 12.6 Å². The van der Waals surface area contributed by atoms with Crippen LogP contribution in [0.25, 0.3) is 0 Å². The highest BCUT2D eigenvalue weighted by atomic mass is 32.3. The van der Waals surface area contributed by atoms with E-state index >= 15 is 0 Å². The summed E-state index contributed by atoms with van der Waals surface area (Å²) in [6, 6.07) is 0. The largest absolute Gasteiger partial charge is 0.267 e. The lowest BCUT2D eigenvalue weighted by atomic mass is 12.0. The number of halogens is 1. The molecule has 0 fully saturated rings. The number of rotatable bonds is 0. The predicted octanol–water partition coefficient (Wildman–Crippen LogP) is -0.332. The van der Waals surface area contributed by atoms with Crippen LogP contribution in [-0.4, -0.2) is 15.0 Å². The van der Waals surface area contributed by atoms with E-state index in [2.05, 4.69) is 5.14 Å². The first-order chi connectivity index (χ1) is 2.24. The summed E-state index contributed by atoms with van der Waals surface area (Å²) in [5, 5.41) is 4.04. The van der Waals surface area contributed by atoms with E-state index in [0.717, 1.165) is 0 Å². The molecule has 3 N–H and O–H groups in total. The molecule has 0 atom stereocenters. The van der Waals surface area contributed by atoms with Crippen molar-refractivity contribution in [3.8, 4) is 0 Å². The molecule has 0 saturated carbocycles. The second kappa shape index (κ2) is 0.800. The number of hydrogen-bond donors (Lipinski definition) is 2. The van der Waals surface area contributed by atoms with Gasteiger partial charge in [-0.2, -0.15) is 4.21 Å². The molecule has 0 rings (SSSR count). The van der Waals surface area contributed by atoms with Crippen LogP contribution in [0.1, 0.15) is 0 Å². The maximum atomic E-state index is 11.3. The summed E-state index contributed by atoms with van der Waals surface area (Å²) < 4.78 is 28.4. The van der Waals surface area contributed by atoms with E-state index in [1.54, 1.807) is 0 Å². The topological polar surface area (TPSA) is 63.3 Å². The lowest BCUT2D eigenvalue weighted by molar-refractivity contribution is 0.465. The van der Waals surface area contributed by atoms with Crippen LogP contribution in [-0.2, 0) is 9.92 Å². The van der Waals surface area contributed by atoms with Gasteiger partial charge in [0.2, 0.25) is 0 Å². The zero-order chi connectivity index (χ0) is 5.45. The second-order valence-corrected chi connectivity index (χ2v) is 3.71. The normalized spacial score (nSPS) is 19.0. The quantitative estimate of drug-likeness (QED) is 0.424. The first kappa shape index (κ1) is 6.00. The molecule has 0 bridgehead atoms. The van der Waals surface area contributed by atoms with Gasteiger partial charge in [-0.25, -0.2) is 5.14 Å².